The van der Waals surface area contributed by atoms with Crippen molar-refractivity contribution in [1.82, 2.24) is 9.80 Å². The van der Waals surface area contributed by atoms with Crippen LogP contribution in [0, 0.1) is 0 Å². The van der Waals surface area contributed by atoms with Gasteiger partial charge in [0.2, 0.25) is 0 Å². The highest BCUT2D eigenvalue weighted by Crippen LogP contribution is 2.39. The monoisotopic (exact) mass is 284 g/mol. The highest BCUT2D eigenvalue weighted by atomic mass is 16.6. The van der Waals surface area contributed by atoms with Crippen LogP contribution in [0.3, 0.4) is 0 Å². The number of esters is 2. The van der Waals surface area contributed by atoms with E-state index in [-0.39, 0.29) is 0 Å². The van der Waals surface area contributed by atoms with E-state index in [1.54, 1.807) is 0 Å². The first kappa shape index (κ1) is 15.3. The van der Waals surface area contributed by atoms with Gasteiger partial charge in [0, 0.05) is 25.7 Å². The first-order chi connectivity index (χ1) is 9.31. The summed E-state index contributed by atoms with van der Waals surface area (Å²) in [5.74, 6) is -1.77. The molecule has 0 unspecified atom stereocenters. The van der Waals surface area contributed by atoms with Crippen molar-refractivity contribution >= 4 is 11.9 Å². The normalized spacial score (nSPS) is 22.9. The summed E-state index contributed by atoms with van der Waals surface area (Å²) >= 11 is 0. The van der Waals surface area contributed by atoms with Gasteiger partial charge in [-0.2, -0.15) is 0 Å². The van der Waals surface area contributed by atoms with E-state index in [0.717, 1.165) is 38.5 Å². The summed E-state index contributed by atoms with van der Waals surface area (Å²) in [4.78, 5) is 27.6. The summed E-state index contributed by atoms with van der Waals surface area (Å²) in [5, 5.41) is 0. The van der Waals surface area contributed by atoms with Crippen LogP contribution in [-0.4, -0.2) is 61.4 Å². The molecule has 0 bridgehead atoms. The predicted octanol–water partition coefficient (Wildman–Crippen LogP) is 0.956. The molecule has 0 aliphatic heterocycles. The average molecular weight is 284 g/mol. The molecule has 2 aliphatic rings. The third-order valence-corrected chi connectivity index (χ3v) is 4.63. The van der Waals surface area contributed by atoms with Gasteiger partial charge in [0.15, 0.2) is 11.4 Å². The zero-order chi connectivity index (χ0) is 15.0. The van der Waals surface area contributed by atoms with Gasteiger partial charge < -0.3 is 9.47 Å². The number of hydrogen-bond donors (Lipinski definition) is 0. The van der Waals surface area contributed by atoms with Crippen molar-refractivity contribution in [2.45, 2.75) is 50.0 Å². The van der Waals surface area contributed by atoms with Crippen LogP contribution in [0.5, 0.6) is 0 Å². The molecular weight excluding hydrogens is 260 g/mol. The topological polar surface area (TPSA) is 59.1 Å². The van der Waals surface area contributed by atoms with E-state index >= 15 is 0 Å². The predicted molar refractivity (Wildman–Crippen MR) is 72.7 cm³/mol. The van der Waals surface area contributed by atoms with Crippen LogP contribution < -0.4 is 0 Å². The minimum atomic E-state index is -0.883. The second-order valence-corrected chi connectivity index (χ2v) is 6.17. The van der Waals surface area contributed by atoms with E-state index in [0.29, 0.717) is 0 Å². The zero-order valence-electron chi connectivity index (χ0n) is 12.8. The van der Waals surface area contributed by atoms with Crippen molar-refractivity contribution in [3.8, 4) is 0 Å². The number of nitrogens with zero attached hydrogens (tertiary/aromatic N) is 2. The maximum Gasteiger partial charge on any atom is 0.419 e. The standard InChI is InChI=1S/C14H24N2O4/c1-15(2)13(7-5-8-13)19-11(17)12(18)20-14(16(3)4)9-6-10-14/h5-10H2,1-4H3. The highest BCUT2D eigenvalue weighted by Gasteiger charge is 2.48. The van der Waals surface area contributed by atoms with Gasteiger partial charge in [0.25, 0.3) is 0 Å². The minimum Gasteiger partial charge on any atom is -0.435 e. The van der Waals surface area contributed by atoms with Gasteiger partial charge in [-0.3, -0.25) is 9.80 Å². The average Bonchev–Trinajstić information content (AvgIpc) is 2.26. The summed E-state index contributed by atoms with van der Waals surface area (Å²) in [6.07, 6.45) is 5.05. The quantitative estimate of drug-likeness (QED) is 0.435. The molecule has 2 rings (SSSR count). The fourth-order valence-corrected chi connectivity index (χ4v) is 2.67. The maximum absolute atomic E-state index is 12.0. The molecular formula is C14H24N2O4. The number of hydrogen-bond acceptors (Lipinski definition) is 6. The minimum absolute atomic E-state index is 0.624. The van der Waals surface area contributed by atoms with E-state index in [1.165, 1.54) is 0 Å². The Labute approximate surface area is 120 Å². The van der Waals surface area contributed by atoms with Crippen LogP contribution in [0.1, 0.15) is 38.5 Å². The van der Waals surface area contributed by atoms with Gasteiger partial charge in [0.1, 0.15) is 0 Å². The van der Waals surface area contributed by atoms with Crippen molar-refractivity contribution in [3.63, 3.8) is 0 Å². The molecule has 0 aromatic rings. The van der Waals surface area contributed by atoms with E-state index in [4.69, 9.17) is 9.47 Å². The molecule has 0 aromatic carbocycles. The van der Waals surface area contributed by atoms with Crippen molar-refractivity contribution < 1.29 is 19.1 Å². The smallest absolute Gasteiger partial charge is 0.419 e. The lowest BCUT2D eigenvalue weighted by atomic mass is 9.86. The van der Waals surface area contributed by atoms with Gasteiger partial charge in [-0.1, -0.05) is 0 Å². The first-order valence-electron chi connectivity index (χ1n) is 7.13. The molecule has 114 valence electrons. The van der Waals surface area contributed by atoms with E-state index in [9.17, 15) is 9.59 Å². The lowest BCUT2D eigenvalue weighted by Gasteiger charge is -2.47. The molecule has 2 fully saturated rings. The molecule has 0 radical (unpaired) electrons. The van der Waals surface area contributed by atoms with Gasteiger partial charge in [-0.25, -0.2) is 9.59 Å². The van der Waals surface area contributed by atoms with Crippen LogP contribution >= 0.6 is 0 Å². The molecule has 2 aliphatic carbocycles. The number of carbonyl (C=O) groups excluding carboxylic acids is 2. The van der Waals surface area contributed by atoms with Gasteiger partial charge in [-0.15, -0.1) is 0 Å². The summed E-state index contributed by atoms with van der Waals surface area (Å²) in [7, 11) is 7.41. The van der Waals surface area contributed by atoms with Crippen LogP contribution in [0.2, 0.25) is 0 Å². The Balaban J connectivity index is 1.94. The van der Waals surface area contributed by atoms with E-state index < -0.39 is 23.4 Å². The Kier molecular flexibility index (Phi) is 4.07. The van der Waals surface area contributed by atoms with Crippen LogP contribution in [0.4, 0.5) is 0 Å². The highest BCUT2D eigenvalue weighted by molar-refractivity contribution is 6.29. The Hall–Kier alpha value is -1.14. The molecule has 0 N–H and O–H groups in total. The molecule has 20 heavy (non-hydrogen) atoms. The van der Waals surface area contributed by atoms with Gasteiger partial charge in [-0.05, 0) is 41.0 Å². The molecule has 0 spiro atoms. The van der Waals surface area contributed by atoms with Gasteiger partial charge in [0.05, 0.1) is 0 Å². The lowest BCUT2D eigenvalue weighted by molar-refractivity contribution is -0.224. The second kappa shape index (κ2) is 5.33. The maximum atomic E-state index is 12.0. The Morgan fingerprint density at radius 1 is 0.750 bits per heavy atom. The number of ether oxygens (including phenoxy) is 2. The van der Waals surface area contributed by atoms with E-state index in [1.807, 2.05) is 38.0 Å². The van der Waals surface area contributed by atoms with Crippen LogP contribution in [0.15, 0.2) is 0 Å². The fourth-order valence-electron chi connectivity index (χ4n) is 2.67. The van der Waals surface area contributed by atoms with E-state index in [2.05, 4.69) is 0 Å². The summed E-state index contributed by atoms with van der Waals surface area (Å²) in [5.41, 5.74) is -1.25. The molecule has 0 amide bonds. The summed E-state index contributed by atoms with van der Waals surface area (Å²) in [6, 6.07) is 0. The molecule has 2 saturated carbocycles. The summed E-state index contributed by atoms with van der Waals surface area (Å²) in [6.45, 7) is 0. The Morgan fingerprint density at radius 2 is 1.05 bits per heavy atom. The number of carbonyl (C=O) groups is 2. The second-order valence-electron chi connectivity index (χ2n) is 6.17. The molecule has 6 heteroatoms. The number of rotatable bonds is 4. The van der Waals surface area contributed by atoms with Crippen molar-refractivity contribution in [1.29, 1.82) is 0 Å². The molecule has 0 atom stereocenters. The van der Waals surface area contributed by atoms with Crippen LogP contribution in [-0.2, 0) is 19.1 Å². The summed E-state index contributed by atoms with van der Waals surface area (Å²) < 4.78 is 10.8. The third-order valence-electron chi connectivity index (χ3n) is 4.63. The first-order valence-corrected chi connectivity index (χ1v) is 7.13. The largest absolute Gasteiger partial charge is 0.435 e. The molecule has 6 nitrogen and oxygen atoms in total. The Bertz CT molecular complexity index is 360. The lowest BCUT2D eigenvalue weighted by Crippen LogP contribution is -2.57. The molecule has 0 aromatic heterocycles. The third kappa shape index (κ3) is 2.54. The SMILES string of the molecule is CN(C)C1(OC(=O)C(=O)OC2(N(C)C)CCC2)CCC1. The molecule has 0 saturated heterocycles. The van der Waals surface area contributed by atoms with Gasteiger partial charge >= 0.3 is 11.9 Å². The van der Waals surface area contributed by atoms with Crippen molar-refractivity contribution in [2.24, 2.45) is 0 Å². The zero-order valence-corrected chi connectivity index (χ0v) is 12.8. The molecule has 0 heterocycles. The van der Waals surface area contributed by atoms with Crippen molar-refractivity contribution in [3.05, 3.63) is 0 Å². The van der Waals surface area contributed by atoms with Crippen molar-refractivity contribution in [2.75, 3.05) is 28.2 Å². The Morgan fingerprint density at radius 3 is 1.20 bits per heavy atom. The van der Waals surface area contributed by atoms with Crippen LogP contribution in [0.25, 0.3) is 0 Å². The fraction of sp³-hybridized carbons (Fsp3) is 0.857.